The zero-order chi connectivity index (χ0) is 11.8. The monoisotopic (exact) mass is 216 g/mol. The molecule has 0 bridgehead atoms. The highest BCUT2D eigenvalue weighted by molar-refractivity contribution is 5.64. The molecule has 16 heavy (non-hydrogen) atoms. The van der Waals surface area contributed by atoms with Crippen LogP contribution >= 0.6 is 0 Å². The summed E-state index contributed by atoms with van der Waals surface area (Å²) in [4.78, 5) is 8.09. The van der Waals surface area contributed by atoms with E-state index in [4.69, 9.17) is 0 Å². The predicted octanol–water partition coefficient (Wildman–Crippen LogP) is 2.17. The molecular formula is C12H16N4. The molecule has 0 unspecified atom stereocenters. The zero-order valence-electron chi connectivity index (χ0n) is 10.1. The predicted molar refractivity (Wildman–Crippen MR) is 62.9 cm³/mol. The van der Waals surface area contributed by atoms with Gasteiger partial charge in [0.05, 0.1) is 5.69 Å². The van der Waals surface area contributed by atoms with Gasteiger partial charge in [-0.3, -0.25) is 4.68 Å². The van der Waals surface area contributed by atoms with Crippen molar-refractivity contribution in [3.63, 3.8) is 0 Å². The molecule has 0 aromatic carbocycles. The summed E-state index contributed by atoms with van der Waals surface area (Å²) in [7, 11) is 1.93. The summed E-state index contributed by atoms with van der Waals surface area (Å²) < 4.78 is 1.84. The first kappa shape index (κ1) is 10.8. The summed E-state index contributed by atoms with van der Waals surface area (Å²) >= 11 is 0. The van der Waals surface area contributed by atoms with E-state index in [1.807, 2.05) is 30.3 Å². The third kappa shape index (κ3) is 1.96. The number of aryl methyl sites for hydroxylation is 1. The van der Waals surface area contributed by atoms with E-state index < -0.39 is 0 Å². The van der Waals surface area contributed by atoms with Crippen molar-refractivity contribution in [1.29, 1.82) is 0 Å². The number of nitrogens with zero attached hydrogens (tertiary/aromatic N) is 4. The van der Waals surface area contributed by atoms with E-state index in [0.717, 1.165) is 16.8 Å². The van der Waals surface area contributed by atoms with Crippen LogP contribution in [0.25, 0.3) is 11.1 Å². The number of aromatic nitrogens is 4. The van der Waals surface area contributed by atoms with Gasteiger partial charge < -0.3 is 0 Å². The van der Waals surface area contributed by atoms with Crippen LogP contribution in [-0.2, 0) is 12.5 Å². The highest BCUT2D eigenvalue weighted by atomic mass is 15.3. The first-order valence-electron chi connectivity index (χ1n) is 5.28. The van der Waals surface area contributed by atoms with Crippen LogP contribution in [-0.4, -0.2) is 19.7 Å². The van der Waals surface area contributed by atoms with Crippen LogP contribution in [0.5, 0.6) is 0 Å². The van der Waals surface area contributed by atoms with Gasteiger partial charge in [0.25, 0.3) is 0 Å². The Bertz CT molecular complexity index is 479. The van der Waals surface area contributed by atoms with Gasteiger partial charge in [-0.2, -0.15) is 5.10 Å². The fourth-order valence-corrected chi connectivity index (χ4v) is 1.69. The summed E-state index contributed by atoms with van der Waals surface area (Å²) in [5.41, 5.74) is 3.22. The molecule has 84 valence electrons. The Kier molecular flexibility index (Phi) is 2.50. The van der Waals surface area contributed by atoms with Gasteiger partial charge in [-0.25, -0.2) is 9.97 Å². The van der Waals surface area contributed by atoms with Gasteiger partial charge in [0, 0.05) is 42.2 Å². The first-order chi connectivity index (χ1) is 7.48. The molecule has 0 aliphatic carbocycles. The summed E-state index contributed by atoms with van der Waals surface area (Å²) in [6, 6.07) is 0. The molecule has 0 saturated heterocycles. The maximum Gasteiger partial charge on any atom is 0.115 e. The Morgan fingerprint density at radius 1 is 1.12 bits per heavy atom. The molecule has 0 amide bonds. The molecule has 0 aliphatic heterocycles. The molecule has 4 nitrogen and oxygen atoms in total. The van der Waals surface area contributed by atoms with Crippen LogP contribution in [0.4, 0.5) is 0 Å². The largest absolute Gasteiger partial charge is 0.275 e. The molecule has 0 atom stereocenters. The highest BCUT2D eigenvalue weighted by Crippen LogP contribution is 2.30. The SMILES string of the molecule is Cn1cc(-c2cncnc2)c(C(C)(C)C)n1. The molecule has 0 fully saturated rings. The minimum Gasteiger partial charge on any atom is -0.275 e. The Balaban J connectivity index is 2.58. The third-order valence-electron chi connectivity index (χ3n) is 2.41. The quantitative estimate of drug-likeness (QED) is 0.733. The topological polar surface area (TPSA) is 43.6 Å². The van der Waals surface area contributed by atoms with E-state index >= 15 is 0 Å². The van der Waals surface area contributed by atoms with E-state index in [0.29, 0.717) is 0 Å². The first-order valence-corrected chi connectivity index (χ1v) is 5.28. The summed E-state index contributed by atoms with van der Waals surface area (Å²) in [6.07, 6.45) is 7.19. The maximum atomic E-state index is 4.52. The van der Waals surface area contributed by atoms with Crippen LogP contribution in [0, 0.1) is 0 Å². The molecule has 0 saturated carbocycles. The second kappa shape index (κ2) is 3.70. The lowest BCUT2D eigenvalue weighted by atomic mass is 9.88. The van der Waals surface area contributed by atoms with E-state index in [-0.39, 0.29) is 5.41 Å². The van der Waals surface area contributed by atoms with Gasteiger partial charge in [-0.05, 0) is 0 Å². The Morgan fingerprint density at radius 3 is 2.31 bits per heavy atom. The van der Waals surface area contributed by atoms with Gasteiger partial charge in [0.15, 0.2) is 0 Å². The van der Waals surface area contributed by atoms with E-state index in [1.165, 1.54) is 6.33 Å². The molecule has 0 radical (unpaired) electrons. The Morgan fingerprint density at radius 2 is 1.75 bits per heavy atom. The Hall–Kier alpha value is -1.71. The normalized spacial score (nSPS) is 11.8. The van der Waals surface area contributed by atoms with Crippen molar-refractivity contribution in [2.24, 2.45) is 7.05 Å². The summed E-state index contributed by atoms with van der Waals surface area (Å²) in [6.45, 7) is 6.47. The fraction of sp³-hybridized carbons (Fsp3) is 0.417. The molecule has 2 aromatic heterocycles. The van der Waals surface area contributed by atoms with E-state index in [2.05, 4.69) is 35.8 Å². The van der Waals surface area contributed by atoms with Crippen molar-refractivity contribution >= 4 is 0 Å². The fourth-order valence-electron chi connectivity index (χ4n) is 1.69. The highest BCUT2D eigenvalue weighted by Gasteiger charge is 2.22. The number of hydrogen-bond donors (Lipinski definition) is 0. The average Bonchev–Trinajstić information content (AvgIpc) is 2.61. The minimum atomic E-state index is 0.0203. The maximum absolute atomic E-state index is 4.52. The standard InChI is InChI=1S/C12H16N4/c1-12(2,3)11-10(7-16(4)15-11)9-5-13-8-14-6-9/h5-8H,1-4H3. The van der Waals surface area contributed by atoms with Crippen LogP contribution < -0.4 is 0 Å². The van der Waals surface area contributed by atoms with Crippen molar-refractivity contribution in [2.45, 2.75) is 26.2 Å². The third-order valence-corrected chi connectivity index (χ3v) is 2.41. The zero-order valence-corrected chi connectivity index (χ0v) is 10.1. The molecule has 0 N–H and O–H groups in total. The van der Waals surface area contributed by atoms with E-state index in [1.54, 1.807) is 0 Å². The van der Waals surface area contributed by atoms with Gasteiger partial charge in [-0.1, -0.05) is 20.8 Å². The van der Waals surface area contributed by atoms with Gasteiger partial charge in [0.2, 0.25) is 0 Å². The molecule has 4 heteroatoms. The van der Waals surface area contributed by atoms with Gasteiger partial charge in [-0.15, -0.1) is 0 Å². The molecule has 2 rings (SSSR count). The van der Waals surface area contributed by atoms with Crippen molar-refractivity contribution in [3.05, 3.63) is 30.6 Å². The number of rotatable bonds is 1. The number of hydrogen-bond acceptors (Lipinski definition) is 3. The van der Waals surface area contributed by atoms with Crippen LogP contribution in [0.2, 0.25) is 0 Å². The lowest BCUT2D eigenvalue weighted by Gasteiger charge is -2.17. The lowest BCUT2D eigenvalue weighted by molar-refractivity contribution is 0.554. The van der Waals surface area contributed by atoms with Crippen molar-refractivity contribution in [2.75, 3.05) is 0 Å². The van der Waals surface area contributed by atoms with Crippen molar-refractivity contribution < 1.29 is 0 Å². The lowest BCUT2D eigenvalue weighted by Crippen LogP contribution is -2.13. The molecule has 0 spiro atoms. The molecular weight excluding hydrogens is 200 g/mol. The van der Waals surface area contributed by atoms with Crippen molar-refractivity contribution in [3.8, 4) is 11.1 Å². The van der Waals surface area contributed by atoms with Crippen LogP contribution in [0.1, 0.15) is 26.5 Å². The van der Waals surface area contributed by atoms with Crippen molar-refractivity contribution in [1.82, 2.24) is 19.7 Å². The molecule has 2 aromatic rings. The second-order valence-corrected chi connectivity index (χ2v) is 4.94. The van der Waals surface area contributed by atoms with Gasteiger partial charge in [0.1, 0.15) is 6.33 Å². The minimum absolute atomic E-state index is 0.0203. The molecule has 0 aliphatic rings. The average molecular weight is 216 g/mol. The van der Waals surface area contributed by atoms with Crippen LogP contribution in [0.15, 0.2) is 24.9 Å². The second-order valence-electron chi connectivity index (χ2n) is 4.94. The smallest absolute Gasteiger partial charge is 0.115 e. The Labute approximate surface area is 95.4 Å². The van der Waals surface area contributed by atoms with Gasteiger partial charge >= 0.3 is 0 Å². The van der Waals surface area contributed by atoms with E-state index in [9.17, 15) is 0 Å². The summed E-state index contributed by atoms with van der Waals surface area (Å²) in [5, 5.41) is 4.52. The summed E-state index contributed by atoms with van der Waals surface area (Å²) in [5.74, 6) is 0. The molecule has 2 heterocycles. The van der Waals surface area contributed by atoms with Crippen LogP contribution in [0.3, 0.4) is 0 Å².